The zero-order chi connectivity index (χ0) is 11.8. The number of hydrogen-bond donors (Lipinski definition) is 2. The maximum Gasteiger partial charge on any atom is 0.234 e. The number of nitrogens with one attached hydrogen (secondary N) is 2. The van der Waals surface area contributed by atoms with Crippen molar-refractivity contribution in [2.24, 2.45) is 0 Å². The molecule has 1 heterocycles. The van der Waals surface area contributed by atoms with Crippen molar-refractivity contribution in [2.75, 3.05) is 44.2 Å². The SMILES string of the molecule is CCSCC(C)NC(=O)CN1CCNCC1. The van der Waals surface area contributed by atoms with Crippen molar-refractivity contribution >= 4 is 17.7 Å². The lowest BCUT2D eigenvalue weighted by atomic mass is 10.3. The van der Waals surface area contributed by atoms with Crippen molar-refractivity contribution in [3.8, 4) is 0 Å². The Kier molecular flexibility index (Phi) is 6.84. The van der Waals surface area contributed by atoms with Gasteiger partial charge in [0.1, 0.15) is 0 Å². The van der Waals surface area contributed by atoms with E-state index in [0.29, 0.717) is 6.54 Å². The molecule has 1 fully saturated rings. The Bertz CT molecular complexity index is 207. The van der Waals surface area contributed by atoms with Crippen LogP contribution in [0.1, 0.15) is 13.8 Å². The van der Waals surface area contributed by atoms with Crippen LogP contribution in [-0.2, 0) is 4.79 Å². The number of nitrogens with zero attached hydrogens (tertiary/aromatic N) is 1. The van der Waals surface area contributed by atoms with Gasteiger partial charge in [-0.1, -0.05) is 6.92 Å². The summed E-state index contributed by atoms with van der Waals surface area (Å²) in [6, 6.07) is 0.278. The van der Waals surface area contributed by atoms with E-state index in [-0.39, 0.29) is 11.9 Å². The van der Waals surface area contributed by atoms with Crippen LogP contribution in [0.15, 0.2) is 0 Å². The maximum atomic E-state index is 11.7. The molecule has 1 atom stereocenters. The van der Waals surface area contributed by atoms with E-state index in [9.17, 15) is 4.79 Å². The van der Waals surface area contributed by atoms with Gasteiger partial charge in [-0.3, -0.25) is 9.69 Å². The lowest BCUT2D eigenvalue weighted by molar-refractivity contribution is -0.122. The van der Waals surface area contributed by atoms with E-state index in [0.717, 1.165) is 37.7 Å². The van der Waals surface area contributed by atoms with Crippen LogP contribution in [-0.4, -0.2) is 61.1 Å². The quantitative estimate of drug-likeness (QED) is 0.699. The highest BCUT2D eigenvalue weighted by molar-refractivity contribution is 7.99. The van der Waals surface area contributed by atoms with Gasteiger partial charge in [0.05, 0.1) is 6.54 Å². The van der Waals surface area contributed by atoms with E-state index in [4.69, 9.17) is 0 Å². The highest BCUT2D eigenvalue weighted by Gasteiger charge is 2.14. The Morgan fingerprint density at radius 1 is 1.50 bits per heavy atom. The third-order valence-corrected chi connectivity index (χ3v) is 3.70. The maximum absolute atomic E-state index is 11.7. The lowest BCUT2D eigenvalue weighted by Crippen LogP contribution is -2.48. The van der Waals surface area contributed by atoms with Crippen molar-refractivity contribution in [1.29, 1.82) is 0 Å². The zero-order valence-corrected chi connectivity index (χ0v) is 11.1. The Hall–Kier alpha value is -0.260. The molecule has 5 heteroatoms. The molecule has 0 aliphatic carbocycles. The molecule has 0 aromatic carbocycles. The number of piperazine rings is 1. The largest absolute Gasteiger partial charge is 0.352 e. The topological polar surface area (TPSA) is 44.4 Å². The average Bonchev–Trinajstić information content (AvgIpc) is 2.27. The first-order valence-electron chi connectivity index (χ1n) is 6.02. The fourth-order valence-corrected chi connectivity index (χ4v) is 2.40. The smallest absolute Gasteiger partial charge is 0.234 e. The summed E-state index contributed by atoms with van der Waals surface area (Å²) in [5, 5.41) is 6.32. The van der Waals surface area contributed by atoms with Crippen LogP contribution in [0.2, 0.25) is 0 Å². The fraction of sp³-hybridized carbons (Fsp3) is 0.909. The van der Waals surface area contributed by atoms with Crippen molar-refractivity contribution in [2.45, 2.75) is 19.9 Å². The number of carbonyl (C=O) groups excluding carboxylic acids is 1. The number of thioether (sulfide) groups is 1. The number of hydrogen-bond acceptors (Lipinski definition) is 4. The van der Waals surface area contributed by atoms with Crippen LogP contribution in [0.25, 0.3) is 0 Å². The molecule has 1 saturated heterocycles. The Morgan fingerprint density at radius 2 is 2.19 bits per heavy atom. The molecule has 0 aromatic heterocycles. The molecule has 2 N–H and O–H groups in total. The Morgan fingerprint density at radius 3 is 2.81 bits per heavy atom. The van der Waals surface area contributed by atoms with Crippen molar-refractivity contribution in [3.63, 3.8) is 0 Å². The van der Waals surface area contributed by atoms with Gasteiger partial charge >= 0.3 is 0 Å². The van der Waals surface area contributed by atoms with E-state index in [2.05, 4.69) is 29.4 Å². The summed E-state index contributed by atoms with van der Waals surface area (Å²) in [7, 11) is 0. The van der Waals surface area contributed by atoms with Crippen molar-refractivity contribution < 1.29 is 4.79 Å². The third-order valence-electron chi connectivity index (χ3n) is 2.56. The summed E-state index contributed by atoms with van der Waals surface area (Å²) in [5.74, 6) is 2.27. The van der Waals surface area contributed by atoms with Gasteiger partial charge in [0.2, 0.25) is 5.91 Å². The average molecular weight is 245 g/mol. The highest BCUT2D eigenvalue weighted by atomic mass is 32.2. The number of amides is 1. The summed E-state index contributed by atoms with van der Waals surface area (Å²) >= 11 is 1.87. The second-order valence-electron chi connectivity index (χ2n) is 4.15. The van der Waals surface area contributed by atoms with Crippen molar-refractivity contribution in [1.82, 2.24) is 15.5 Å². The van der Waals surface area contributed by atoms with Gasteiger partial charge in [0.25, 0.3) is 0 Å². The molecular formula is C11H23N3OS. The molecule has 1 rings (SSSR count). The van der Waals surface area contributed by atoms with E-state index in [1.807, 2.05) is 11.8 Å². The minimum Gasteiger partial charge on any atom is -0.352 e. The number of rotatable bonds is 6. The highest BCUT2D eigenvalue weighted by Crippen LogP contribution is 2.01. The molecular weight excluding hydrogens is 222 g/mol. The van der Waals surface area contributed by atoms with Crippen LogP contribution >= 0.6 is 11.8 Å². The van der Waals surface area contributed by atoms with Gasteiger partial charge in [-0.25, -0.2) is 0 Å². The van der Waals surface area contributed by atoms with E-state index >= 15 is 0 Å². The predicted molar refractivity (Wildman–Crippen MR) is 69.9 cm³/mol. The van der Waals surface area contributed by atoms with E-state index in [1.54, 1.807) is 0 Å². The molecule has 0 radical (unpaired) electrons. The van der Waals surface area contributed by atoms with E-state index in [1.165, 1.54) is 0 Å². The summed E-state index contributed by atoms with van der Waals surface area (Å²) in [6.45, 7) is 8.70. The Labute approximate surface area is 103 Å². The van der Waals surface area contributed by atoms with Crippen molar-refractivity contribution in [3.05, 3.63) is 0 Å². The molecule has 1 aliphatic heterocycles. The first-order chi connectivity index (χ1) is 7.72. The molecule has 4 nitrogen and oxygen atoms in total. The molecule has 1 amide bonds. The van der Waals surface area contributed by atoms with Gasteiger partial charge in [0, 0.05) is 38.0 Å². The van der Waals surface area contributed by atoms with Gasteiger partial charge in [0.15, 0.2) is 0 Å². The van der Waals surface area contributed by atoms with Crippen LogP contribution in [0.3, 0.4) is 0 Å². The number of carbonyl (C=O) groups is 1. The molecule has 0 bridgehead atoms. The van der Waals surface area contributed by atoms with E-state index < -0.39 is 0 Å². The van der Waals surface area contributed by atoms with Gasteiger partial charge in [-0.15, -0.1) is 0 Å². The predicted octanol–water partition coefficient (Wildman–Crippen LogP) is 0.149. The molecule has 16 heavy (non-hydrogen) atoms. The van der Waals surface area contributed by atoms with Gasteiger partial charge in [-0.2, -0.15) is 11.8 Å². The normalized spacial score (nSPS) is 19.4. The van der Waals surface area contributed by atoms with Crippen LogP contribution < -0.4 is 10.6 Å². The standard InChI is InChI=1S/C11H23N3OS/c1-3-16-9-10(2)13-11(15)8-14-6-4-12-5-7-14/h10,12H,3-9H2,1-2H3,(H,13,15). The zero-order valence-electron chi connectivity index (χ0n) is 10.3. The summed E-state index contributed by atoms with van der Waals surface area (Å²) in [6.07, 6.45) is 0. The second kappa shape index (κ2) is 7.92. The molecule has 0 spiro atoms. The minimum atomic E-state index is 0.158. The van der Waals surface area contributed by atoms with Crippen LogP contribution in [0.5, 0.6) is 0 Å². The van der Waals surface area contributed by atoms with Gasteiger partial charge in [-0.05, 0) is 12.7 Å². The Balaban J connectivity index is 2.13. The monoisotopic (exact) mass is 245 g/mol. The molecule has 1 aliphatic rings. The van der Waals surface area contributed by atoms with Gasteiger partial charge < -0.3 is 10.6 Å². The minimum absolute atomic E-state index is 0.158. The summed E-state index contributed by atoms with van der Waals surface area (Å²) in [4.78, 5) is 13.9. The first kappa shape index (κ1) is 13.8. The van der Waals surface area contributed by atoms with Crippen LogP contribution in [0, 0.1) is 0 Å². The lowest BCUT2D eigenvalue weighted by Gasteiger charge is -2.27. The van der Waals surface area contributed by atoms with Crippen LogP contribution in [0.4, 0.5) is 0 Å². The first-order valence-corrected chi connectivity index (χ1v) is 7.18. The molecule has 1 unspecified atom stereocenters. The third kappa shape index (κ3) is 5.72. The summed E-state index contributed by atoms with van der Waals surface area (Å²) < 4.78 is 0. The molecule has 0 saturated carbocycles. The summed E-state index contributed by atoms with van der Waals surface area (Å²) in [5.41, 5.74) is 0. The fourth-order valence-electron chi connectivity index (χ4n) is 1.73. The second-order valence-corrected chi connectivity index (χ2v) is 5.47. The molecule has 94 valence electrons. The molecule has 0 aromatic rings.